The first-order valence-electron chi connectivity index (χ1n) is 7.78. The quantitative estimate of drug-likeness (QED) is 0.433. The number of hydrogen-bond donors (Lipinski definition) is 1. The van der Waals surface area contributed by atoms with Crippen LogP contribution in [0.15, 0.2) is 18.2 Å². The summed E-state index contributed by atoms with van der Waals surface area (Å²) >= 11 is 5.42. The van der Waals surface area contributed by atoms with Gasteiger partial charge in [-0.3, -0.25) is 19.8 Å². The van der Waals surface area contributed by atoms with E-state index < -0.39 is 20.5 Å². The molecule has 0 bridgehead atoms. The van der Waals surface area contributed by atoms with Crippen molar-refractivity contribution in [3.8, 4) is 0 Å². The zero-order valence-corrected chi connectivity index (χ0v) is 16.3. The first-order chi connectivity index (χ1) is 11.9. The third-order valence-electron chi connectivity index (χ3n) is 4.27. The molecular weight excluding hydrogens is 380 g/mol. The van der Waals surface area contributed by atoms with Crippen molar-refractivity contribution in [2.45, 2.75) is 32.7 Å². The molecule has 0 aliphatic carbocycles. The largest absolute Gasteiger partial charge is 0.334 e. The Morgan fingerprint density at radius 1 is 1.35 bits per heavy atom. The first kappa shape index (κ1) is 20.2. The van der Waals surface area contributed by atoms with Crippen molar-refractivity contribution in [3.63, 3.8) is 0 Å². The minimum atomic E-state index is -3.60. The van der Waals surface area contributed by atoms with Gasteiger partial charge in [0.1, 0.15) is 5.54 Å². The van der Waals surface area contributed by atoms with Crippen LogP contribution in [0.1, 0.15) is 25.8 Å². The van der Waals surface area contributed by atoms with Crippen LogP contribution < -0.4 is 10.0 Å². The molecule has 1 aliphatic heterocycles. The number of benzene rings is 1. The molecule has 0 aromatic heterocycles. The predicted molar refractivity (Wildman–Crippen MR) is 101 cm³/mol. The minimum absolute atomic E-state index is 0.0458. The topological polar surface area (TPSA) is 127 Å². The number of nitro benzene ring substituents is 1. The van der Waals surface area contributed by atoms with E-state index in [-0.39, 0.29) is 35.4 Å². The van der Waals surface area contributed by atoms with E-state index in [1.807, 2.05) is 0 Å². The predicted octanol–water partition coefficient (Wildman–Crippen LogP) is 1.29. The molecule has 0 saturated carbocycles. The number of hydrogen-bond acceptors (Lipinski definition) is 6. The van der Waals surface area contributed by atoms with E-state index in [4.69, 9.17) is 17.4 Å². The normalized spacial score (nSPS) is 17.1. The number of carbonyl (C=O) groups excluding carboxylic acids is 1. The number of anilines is 1. The van der Waals surface area contributed by atoms with Gasteiger partial charge >= 0.3 is 0 Å². The van der Waals surface area contributed by atoms with Crippen LogP contribution in [0.2, 0.25) is 0 Å². The van der Waals surface area contributed by atoms with Gasteiger partial charge in [-0.15, -0.1) is 0 Å². The Kier molecular flexibility index (Phi) is 5.36. The fourth-order valence-corrected chi connectivity index (χ4v) is 3.89. The van der Waals surface area contributed by atoms with Gasteiger partial charge in [-0.2, -0.15) is 0 Å². The van der Waals surface area contributed by atoms with E-state index in [1.165, 1.54) is 23.1 Å². The Balaban J connectivity index is 2.31. The number of amides is 1. The summed E-state index contributed by atoms with van der Waals surface area (Å²) in [6, 6.07) is 4.34. The third kappa shape index (κ3) is 3.84. The standard InChI is InChI=1S/C15H20N4O5S2/c1-10-9-11(5-6-12(10)19(21)22)18-13(20)15(2,3)17(14(18)25)7-4-8-26(16,23)24/h5-6,9H,4,7-8H2,1-3H3,(H2,16,23,24). The maximum Gasteiger partial charge on any atom is 0.272 e. The van der Waals surface area contributed by atoms with E-state index in [0.717, 1.165) is 0 Å². The Labute approximate surface area is 157 Å². The molecule has 0 unspecified atom stereocenters. The van der Waals surface area contributed by atoms with Gasteiger partial charge < -0.3 is 4.90 Å². The number of rotatable bonds is 6. The van der Waals surface area contributed by atoms with Crippen molar-refractivity contribution >= 4 is 44.6 Å². The highest BCUT2D eigenvalue weighted by Crippen LogP contribution is 2.34. The van der Waals surface area contributed by atoms with Crippen LogP contribution >= 0.6 is 12.2 Å². The minimum Gasteiger partial charge on any atom is -0.334 e. The summed E-state index contributed by atoms with van der Waals surface area (Å²) < 4.78 is 22.2. The van der Waals surface area contributed by atoms with Crippen LogP contribution in [-0.2, 0) is 14.8 Å². The number of carbonyl (C=O) groups is 1. The average molecular weight is 400 g/mol. The summed E-state index contributed by atoms with van der Waals surface area (Å²) in [4.78, 5) is 26.3. The summed E-state index contributed by atoms with van der Waals surface area (Å²) in [7, 11) is -3.60. The number of nitro groups is 1. The molecule has 0 spiro atoms. The van der Waals surface area contributed by atoms with Crippen LogP contribution in [-0.4, -0.2) is 47.1 Å². The van der Waals surface area contributed by atoms with E-state index in [2.05, 4.69) is 0 Å². The highest BCUT2D eigenvalue weighted by atomic mass is 32.2. The number of nitrogens with two attached hydrogens (primary N) is 1. The van der Waals surface area contributed by atoms with Gasteiger partial charge in [0.05, 0.1) is 16.4 Å². The first-order valence-corrected chi connectivity index (χ1v) is 9.90. The summed E-state index contributed by atoms with van der Waals surface area (Å²) in [5, 5.41) is 16.2. The fraction of sp³-hybridized carbons (Fsp3) is 0.467. The Morgan fingerprint density at radius 2 is 1.96 bits per heavy atom. The molecule has 1 aromatic rings. The molecule has 1 amide bonds. The van der Waals surface area contributed by atoms with Crippen LogP contribution in [0, 0.1) is 17.0 Å². The Bertz CT molecular complexity index is 882. The number of nitrogens with zero attached hydrogens (tertiary/aromatic N) is 3. The molecule has 1 heterocycles. The smallest absolute Gasteiger partial charge is 0.272 e. The lowest BCUT2D eigenvalue weighted by atomic mass is 10.0. The van der Waals surface area contributed by atoms with Gasteiger partial charge in [0.15, 0.2) is 5.11 Å². The number of primary sulfonamides is 1. The zero-order chi connectivity index (χ0) is 19.9. The van der Waals surface area contributed by atoms with E-state index in [9.17, 15) is 23.3 Å². The Hall–Kier alpha value is -2.11. The lowest BCUT2D eigenvalue weighted by Gasteiger charge is -2.29. The van der Waals surface area contributed by atoms with Crippen LogP contribution in [0.25, 0.3) is 0 Å². The molecule has 1 fully saturated rings. The second-order valence-electron chi connectivity index (χ2n) is 6.58. The molecule has 26 heavy (non-hydrogen) atoms. The summed E-state index contributed by atoms with van der Waals surface area (Å²) in [5.74, 6) is -0.501. The number of sulfonamides is 1. The number of aryl methyl sites for hydroxylation is 1. The molecule has 1 aliphatic rings. The van der Waals surface area contributed by atoms with Crippen molar-refractivity contribution in [1.82, 2.24) is 4.90 Å². The molecule has 0 radical (unpaired) electrons. The third-order valence-corrected chi connectivity index (χ3v) is 5.53. The van der Waals surface area contributed by atoms with Gasteiger partial charge in [0.25, 0.3) is 11.6 Å². The maximum atomic E-state index is 12.9. The maximum absolute atomic E-state index is 12.9. The molecule has 2 N–H and O–H groups in total. The zero-order valence-electron chi connectivity index (χ0n) is 14.6. The average Bonchev–Trinajstić information content (AvgIpc) is 2.65. The molecule has 1 aromatic carbocycles. The van der Waals surface area contributed by atoms with Gasteiger partial charge in [0, 0.05) is 18.2 Å². The van der Waals surface area contributed by atoms with Crippen LogP contribution in [0.4, 0.5) is 11.4 Å². The molecule has 142 valence electrons. The lowest BCUT2D eigenvalue weighted by Crippen LogP contribution is -2.45. The summed E-state index contributed by atoms with van der Waals surface area (Å²) in [6.07, 6.45) is 0.225. The summed E-state index contributed by atoms with van der Waals surface area (Å²) in [5.41, 5.74) is -0.167. The molecule has 9 nitrogen and oxygen atoms in total. The van der Waals surface area contributed by atoms with Crippen molar-refractivity contribution in [2.75, 3.05) is 17.2 Å². The van der Waals surface area contributed by atoms with Crippen molar-refractivity contribution < 1.29 is 18.1 Å². The van der Waals surface area contributed by atoms with Crippen molar-refractivity contribution in [1.29, 1.82) is 0 Å². The number of thiocarbonyl (C=S) groups is 1. The molecule has 1 saturated heterocycles. The highest BCUT2D eigenvalue weighted by Gasteiger charge is 2.49. The second kappa shape index (κ2) is 6.89. The SMILES string of the molecule is Cc1cc(N2C(=O)C(C)(C)N(CCCS(N)(=O)=O)C2=S)ccc1[N+](=O)[O-]. The van der Waals surface area contributed by atoms with Gasteiger partial charge in [-0.1, -0.05) is 0 Å². The second-order valence-corrected chi connectivity index (χ2v) is 8.68. The molecule has 2 rings (SSSR count). The van der Waals surface area contributed by atoms with Gasteiger partial charge in [-0.05, 0) is 51.5 Å². The van der Waals surface area contributed by atoms with Gasteiger partial charge in [0.2, 0.25) is 10.0 Å². The molecule has 11 heteroatoms. The Morgan fingerprint density at radius 3 is 2.46 bits per heavy atom. The van der Waals surface area contributed by atoms with Crippen LogP contribution in [0.3, 0.4) is 0 Å². The van der Waals surface area contributed by atoms with Crippen molar-refractivity contribution in [3.05, 3.63) is 33.9 Å². The fourth-order valence-electron chi connectivity index (χ4n) is 2.85. The van der Waals surface area contributed by atoms with Crippen molar-refractivity contribution in [2.24, 2.45) is 5.14 Å². The monoisotopic (exact) mass is 400 g/mol. The van der Waals surface area contributed by atoms with E-state index in [1.54, 1.807) is 25.7 Å². The lowest BCUT2D eigenvalue weighted by molar-refractivity contribution is -0.385. The van der Waals surface area contributed by atoms with E-state index in [0.29, 0.717) is 11.3 Å². The highest BCUT2D eigenvalue weighted by molar-refractivity contribution is 7.89. The molecule has 0 atom stereocenters. The summed E-state index contributed by atoms with van der Waals surface area (Å²) in [6.45, 7) is 5.21. The van der Waals surface area contributed by atoms with Gasteiger partial charge in [-0.25, -0.2) is 13.6 Å². The molecular formula is C15H20N4O5S2. The van der Waals surface area contributed by atoms with Crippen LogP contribution in [0.5, 0.6) is 0 Å². The van der Waals surface area contributed by atoms with E-state index >= 15 is 0 Å².